The minimum Gasteiger partial charge on any atom is -0.491 e. The fourth-order valence-corrected chi connectivity index (χ4v) is 5.93. The van der Waals surface area contributed by atoms with Gasteiger partial charge >= 0.3 is 0 Å². The molecule has 0 spiro atoms. The zero-order valence-corrected chi connectivity index (χ0v) is 23.1. The summed E-state index contributed by atoms with van der Waals surface area (Å²) in [6, 6.07) is 9.89. The summed E-state index contributed by atoms with van der Waals surface area (Å²) >= 11 is 0. The molecular weight excluding hydrogens is 477 g/mol. The van der Waals surface area contributed by atoms with Crippen molar-refractivity contribution in [1.82, 2.24) is 14.9 Å². The molecule has 38 heavy (non-hydrogen) atoms. The van der Waals surface area contributed by atoms with Crippen molar-refractivity contribution in [2.24, 2.45) is 10.4 Å². The first-order chi connectivity index (χ1) is 18.2. The van der Waals surface area contributed by atoms with Crippen molar-refractivity contribution in [2.45, 2.75) is 59.5 Å². The molecule has 0 N–H and O–H groups in total. The fourth-order valence-electron chi connectivity index (χ4n) is 5.93. The van der Waals surface area contributed by atoms with Crippen LogP contribution in [0.15, 0.2) is 35.3 Å². The zero-order chi connectivity index (χ0) is 26.6. The molecule has 6 nitrogen and oxygen atoms in total. The minimum atomic E-state index is -0.244. The van der Waals surface area contributed by atoms with Crippen molar-refractivity contribution >= 4 is 17.2 Å². The van der Waals surface area contributed by atoms with Crippen LogP contribution in [0.2, 0.25) is 0 Å². The number of aryl methyl sites for hydroxylation is 1. The SMILES string of the molecule is CC1=Nc2c(ccc(-c3ccc4c(c3)CN(c3nc(CN(C)C)nc5c3CC(C)(C)CC5)CCO4)c2F)C1. The number of benzene rings is 2. The van der Waals surface area contributed by atoms with E-state index >= 15 is 4.39 Å². The summed E-state index contributed by atoms with van der Waals surface area (Å²) in [5.41, 5.74) is 7.51. The highest BCUT2D eigenvalue weighted by Gasteiger charge is 2.32. The summed E-state index contributed by atoms with van der Waals surface area (Å²) in [4.78, 5) is 19.0. The number of fused-ring (bicyclic) bond motifs is 3. The average Bonchev–Trinajstić information content (AvgIpc) is 3.12. The largest absolute Gasteiger partial charge is 0.491 e. The summed E-state index contributed by atoms with van der Waals surface area (Å²) < 4.78 is 21.7. The molecule has 3 aliphatic rings. The van der Waals surface area contributed by atoms with Gasteiger partial charge in [-0.3, -0.25) is 4.99 Å². The third-order valence-electron chi connectivity index (χ3n) is 7.87. The number of aliphatic imine (C=N–C) groups is 1. The normalized spacial score (nSPS) is 17.9. The molecule has 1 aliphatic carbocycles. The van der Waals surface area contributed by atoms with E-state index in [1.54, 1.807) is 0 Å². The first-order valence-corrected chi connectivity index (χ1v) is 13.6. The second-order valence-electron chi connectivity index (χ2n) is 12.0. The Balaban J connectivity index is 1.39. The molecule has 0 bridgehead atoms. The maximum atomic E-state index is 15.5. The van der Waals surface area contributed by atoms with Gasteiger partial charge in [-0.05, 0) is 69.0 Å². The Morgan fingerprint density at radius 2 is 1.95 bits per heavy atom. The molecule has 198 valence electrons. The number of halogens is 1. The van der Waals surface area contributed by atoms with Gasteiger partial charge in [0, 0.05) is 41.1 Å². The number of ether oxygens (including phenoxy) is 1. The zero-order valence-electron chi connectivity index (χ0n) is 23.1. The van der Waals surface area contributed by atoms with Gasteiger partial charge in [0.25, 0.3) is 0 Å². The van der Waals surface area contributed by atoms with Crippen molar-refractivity contribution < 1.29 is 9.13 Å². The van der Waals surface area contributed by atoms with Crippen LogP contribution >= 0.6 is 0 Å². The third-order valence-corrected chi connectivity index (χ3v) is 7.87. The molecule has 0 radical (unpaired) electrons. The van der Waals surface area contributed by atoms with Gasteiger partial charge in [0.05, 0.1) is 13.1 Å². The lowest BCUT2D eigenvalue weighted by Gasteiger charge is -2.34. The second kappa shape index (κ2) is 9.45. The molecule has 0 amide bonds. The van der Waals surface area contributed by atoms with Crippen LogP contribution in [0.1, 0.15) is 55.4 Å². The van der Waals surface area contributed by atoms with Crippen LogP contribution in [0.4, 0.5) is 15.9 Å². The molecule has 0 fully saturated rings. The minimum absolute atomic E-state index is 0.216. The Labute approximate surface area is 224 Å². The number of hydrogen-bond acceptors (Lipinski definition) is 6. The highest BCUT2D eigenvalue weighted by molar-refractivity contribution is 5.93. The first-order valence-electron chi connectivity index (χ1n) is 13.6. The Morgan fingerprint density at radius 1 is 1.11 bits per heavy atom. The van der Waals surface area contributed by atoms with Crippen LogP contribution in [0.5, 0.6) is 5.75 Å². The second-order valence-corrected chi connectivity index (χ2v) is 12.0. The summed E-state index contributed by atoms with van der Waals surface area (Å²) in [6.45, 7) is 9.26. The van der Waals surface area contributed by atoms with Crippen LogP contribution in [0.25, 0.3) is 11.1 Å². The molecule has 2 aliphatic heterocycles. The molecule has 3 aromatic rings. The van der Waals surface area contributed by atoms with E-state index in [4.69, 9.17) is 14.7 Å². The molecule has 2 aromatic carbocycles. The molecule has 0 saturated heterocycles. The van der Waals surface area contributed by atoms with E-state index in [9.17, 15) is 0 Å². The van der Waals surface area contributed by atoms with Crippen molar-refractivity contribution in [2.75, 3.05) is 32.1 Å². The van der Waals surface area contributed by atoms with Crippen LogP contribution in [-0.4, -0.2) is 47.8 Å². The number of rotatable bonds is 4. The summed E-state index contributed by atoms with van der Waals surface area (Å²) in [5, 5.41) is 0. The monoisotopic (exact) mass is 513 g/mol. The lowest BCUT2D eigenvalue weighted by Crippen LogP contribution is -2.32. The predicted octanol–water partition coefficient (Wildman–Crippen LogP) is 5.91. The first kappa shape index (κ1) is 25.0. The summed E-state index contributed by atoms with van der Waals surface area (Å²) in [7, 11) is 4.10. The Bertz CT molecular complexity index is 1440. The van der Waals surface area contributed by atoms with Gasteiger partial charge in [0.2, 0.25) is 0 Å². The number of hydrogen-bond donors (Lipinski definition) is 0. The van der Waals surface area contributed by atoms with Crippen molar-refractivity contribution in [3.05, 3.63) is 64.4 Å². The fraction of sp³-hybridized carbons (Fsp3) is 0.452. The van der Waals surface area contributed by atoms with Crippen LogP contribution in [0.3, 0.4) is 0 Å². The van der Waals surface area contributed by atoms with Gasteiger partial charge in [-0.25, -0.2) is 14.4 Å². The molecular formula is C31H36FN5O. The van der Waals surface area contributed by atoms with Gasteiger partial charge in [-0.1, -0.05) is 32.0 Å². The third kappa shape index (κ3) is 4.68. The molecule has 1 aromatic heterocycles. The predicted molar refractivity (Wildman–Crippen MR) is 150 cm³/mol. The van der Waals surface area contributed by atoms with E-state index in [1.807, 2.05) is 45.3 Å². The van der Waals surface area contributed by atoms with E-state index in [1.165, 1.54) is 11.3 Å². The van der Waals surface area contributed by atoms with E-state index in [2.05, 4.69) is 34.7 Å². The van der Waals surface area contributed by atoms with Crippen LogP contribution in [0, 0.1) is 11.2 Å². The highest BCUT2D eigenvalue weighted by Crippen LogP contribution is 2.40. The number of aromatic nitrogens is 2. The average molecular weight is 514 g/mol. The van der Waals surface area contributed by atoms with Crippen LogP contribution in [-0.2, 0) is 32.4 Å². The van der Waals surface area contributed by atoms with E-state index < -0.39 is 0 Å². The molecule has 3 heterocycles. The van der Waals surface area contributed by atoms with Gasteiger partial charge < -0.3 is 14.5 Å². The van der Waals surface area contributed by atoms with E-state index in [-0.39, 0.29) is 11.2 Å². The Morgan fingerprint density at radius 3 is 2.76 bits per heavy atom. The van der Waals surface area contributed by atoms with Crippen molar-refractivity contribution in [3.8, 4) is 16.9 Å². The van der Waals surface area contributed by atoms with E-state index in [0.29, 0.717) is 30.9 Å². The Kier molecular flexibility index (Phi) is 6.22. The van der Waals surface area contributed by atoms with Crippen LogP contribution < -0.4 is 9.64 Å². The highest BCUT2D eigenvalue weighted by atomic mass is 19.1. The smallest absolute Gasteiger partial charge is 0.156 e. The lowest BCUT2D eigenvalue weighted by atomic mass is 9.76. The molecule has 0 saturated carbocycles. The summed E-state index contributed by atoms with van der Waals surface area (Å²) in [6.07, 6.45) is 3.78. The lowest BCUT2D eigenvalue weighted by molar-refractivity contribution is 0.308. The van der Waals surface area contributed by atoms with Gasteiger partial charge in [0.1, 0.15) is 29.7 Å². The van der Waals surface area contributed by atoms with Gasteiger partial charge in [-0.2, -0.15) is 0 Å². The number of nitrogens with zero attached hydrogens (tertiary/aromatic N) is 5. The summed E-state index contributed by atoms with van der Waals surface area (Å²) in [5.74, 6) is 2.49. The van der Waals surface area contributed by atoms with Gasteiger partial charge in [-0.15, -0.1) is 0 Å². The molecule has 6 rings (SSSR count). The standard InChI is InChI=1S/C31H36FN5O/c1-19-14-21-6-8-23(28(32)29(21)33-19)20-7-9-26-22(15-20)17-37(12-13-38-26)30-24-16-31(2,3)11-10-25(24)34-27(35-30)18-36(4)5/h6-9,15H,10-14,16-18H2,1-5H3. The molecule has 0 atom stereocenters. The molecule has 0 unspecified atom stereocenters. The maximum absolute atomic E-state index is 15.5. The topological polar surface area (TPSA) is 53.9 Å². The van der Waals surface area contributed by atoms with Crippen molar-refractivity contribution in [1.29, 1.82) is 0 Å². The van der Waals surface area contributed by atoms with Crippen molar-refractivity contribution in [3.63, 3.8) is 0 Å². The number of anilines is 1. The maximum Gasteiger partial charge on any atom is 0.156 e. The van der Waals surface area contributed by atoms with Gasteiger partial charge in [0.15, 0.2) is 5.82 Å². The quantitative estimate of drug-likeness (QED) is 0.434. The van der Waals surface area contributed by atoms with E-state index in [0.717, 1.165) is 72.0 Å². The molecule has 7 heteroatoms. The Hall–Kier alpha value is -3.32.